The predicted octanol–water partition coefficient (Wildman–Crippen LogP) is 5.11. The second-order valence-corrected chi connectivity index (χ2v) is 18.3. The van der Waals surface area contributed by atoms with Gasteiger partial charge >= 0.3 is 12.2 Å². The van der Waals surface area contributed by atoms with Crippen LogP contribution in [0.4, 0.5) is 19.7 Å². The first-order valence-corrected chi connectivity index (χ1v) is 25.4. The Bertz CT molecular complexity index is 2130. The summed E-state index contributed by atoms with van der Waals surface area (Å²) < 4.78 is 38.5. The zero-order chi connectivity index (χ0) is 51.5. The van der Waals surface area contributed by atoms with Crippen LogP contribution in [0.5, 0.6) is 0 Å². The SMILES string of the molecule is C[C@@H](C(=O)N[C@H](C(=O)N1CCC[C@H]1C(=O)Nc1sc(NC(=O)COCCOCCOCCOCCOCCOCCN(C)C(=O)OCc2ccccc2)nc1-c1ccccc1)C1CCCCC1)N(C)C(=O)O. The molecule has 3 aromatic rings. The van der Waals surface area contributed by atoms with Crippen molar-refractivity contribution in [1.29, 1.82) is 0 Å². The third kappa shape index (κ3) is 19.4. The first-order chi connectivity index (χ1) is 34.9. The monoisotopic (exact) mass is 1030 g/mol. The summed E-state index contributed by atoms with van der Waals surface area (Å²) in [5, 5.41) is 18.7. The van der Waals surface area contributed by atoms with E-state index >= 15 is 0 Å². The molecule has 3 atom stereocenters. The third-order valence-corrected chi connectivity index (χ3v) is 13.0. The number of aromatic nitrogens is 1. The van der Waals surface area contributed by atoms with Crippen molar-refractivity contribution in [3.8, 4) is 11.3 Å². The Kier molecular flexibility index (Phi) is 25.1. The van der Waals surface area contributed by atoms with Crippen molar-refractivity contribution in [1.82, 2.24) is 25.0 Å². The zero-order valence-electron chi connectivity index (χ0n) is 41.6. The van der Waals surface area contributed by atoms with Gasteiger partial charge in [-0.05, 0) is 44.1 Å². The van der Waals surface area contributed by atoms with E-state index in [4.69, 9.17) is 33.2 Å². The number of ether oxygens (including phenoxy) is 7. The molecule has 2 aromatic carbocycles. The normalized spacial score (nSPS) is 15.6. The maximum atomic E-state index is 14.3. The Morgan fingerprint density at radius 2 is 1.31 bits per heavy atom. The summed E-state index contributed by atoms with van der Waals surface area (Å²) in [6.45, 7) is 5.98. The Labute approximate surface area is 425 Å². The van der Waals surface area contributed by atoms with Gasteiger partial charge < -0.3 is 58.7 Å². The molecule has 2 aliphatic rings. The van der Waals surface area contributed by atoms with Gasteiger partial charge in [0.2, 0.25) is 17.7 Å². The largest absolute Gasteiger partial charge is 0.465 e. The van der Waals surface area contributed by atoms with Gasteiger partial charge in [-0.3, -0.25) is 29.4 Å². The molecule has 1 saturated heterocycles. The van der Waals surface area contributed by atoms with Crippen LogP contribution >= 0.6 is 11.3 Å². The van der Waals surface area contributed by atoms with E-state index in [1.807, 2.05) is 60.7 Å². The summed E-state index contributed by atoms with van der Waals surface area (Å²) in [7, 11) is 2.96. The number of rotatable bonds is 31. The topological polar surface area (TPSA) is 246 Å². The van der Waals surface area contributed by atoms with E-state index in [0.717, 1.165) is 53.9 Å². The molecule has 0 bridgehead atoms. The van der Waals surface area contributed by atoms with Gasteiger partial charge in [0.25, 0.3) is 5.91 Å². The molecule has 1 saturated carbocycles. The fourth-order valence-corrected chi connectivity index (χ4v) is 8.84. The van der Waals surface area contributed by atoms with Gasteiger partial charge in [0, 0.05) is 32.7 Å². The lowest BCUT2D eigenvalue weighted by Crippen LogP contribution is -2.58. The first-order valence-electron chi connectivity index (χ1n) is 24.5. The van der Waals surface area contributed by atoms with Crippen LogP contribution in [0.1, 0.15) is 57.4 Å². The average molecular weight is 1030 g/mol. The number of carboxylic acid groups (broad SMARTS) is 1. The number of likely N-dealkylation sites (tertiary alicyclic amines) is 1. The van der Waals surface area contributed by atoms with Gasteiger partial charge in [-0.1, -0.05) is 91.3 Å². The second kappa shape index (κ2) is 31.7. The molecule has 21 nitrogen and oxygen atoms in total. The van der Waals surface area contributed by atoms with E-state index in [9.17, 15) is 33.9 Å². The number of carbonyl (C=O) groups excluding carboxylic acids is 5. The molecule has 22 heteroatoms. The van der Waals surface area contributed by atoms with Crippen molar-refractivity contribution in [2.75, 3.05) is 117 Å². The number of hydrogen-bond donors (Lipinski definition) is 4. The molecule has 1 aliphatic heterocycles. The number of carbonyl (C=O) groups is 6. The number of amides is 6. The standard InChI is InChI=1S/C50H71N7O14S/c1-36(56(3)49(62)63)44(59)52-43(39-18-11-6-12-19-39)47(61)57-21-13-20-40(57)45(60)54-46-42(38-16-9-5-10-17-38)53-48(72-46)51-41(58)35-70-33-32-69-31-30-68-29-28-67-27-26-66-25-24-65-23-22-55(2)50(64)71-34-37-14-7-4-8-15-37/h4-5,7-10,14-17,36,39-40,43H,6,11-13,18-35H2,1-3H3,(H,52,59)(H,54,60)(H,62,63)(H,51,53,58)/t36-,40-,43-/m0/s1. The highest BCUT2D eigenvalue weighted by molar-refractivity contribution is 7.20. The van der Waals surface area contributed by atoms with Crippen LogP contribution < -0.4 is 16.0 Å². The smallest absolute Gasteiger partial charge is 0.409 e. The zero-order valence-corrected chi connectivity index (χ0v) is 42.4. The fourth-order valence-electron chi connectivity index (χ4n) is 7.93. The maximum Gasteiger partial charge on any atom is 0.409 e. The number of thiazole rings is 1. The molecule has 4 N–H and O–H groups in total. The van der Waals surface area contributed by atoms with E-state index in [0.29, 0.717) is 102 Å². The number of nitrogens with one attached hydrogen (secondary N) is 3. The summed E-state index contributed by atoms with van der Waals surface area (Å²) in [5.74, 6) is -1.96. The lowest BCUT2D eigenvalue weighted by molar-refractivity contribution is -0.142. The molecular formula is C50H71N7O14S. The van der Waals surface area contributed by atoms with E-state index in [2.05, 4.69) is 20.9 Å². The molecular weight excluding hydrogens is 955 g/mol. The van der Waals surface area contributed by atoms with Gasteiger partial charge in [0.05, 0.1) is 72.7 Å². The van der Waals surface area contributed by atoms with E-state index in [-0.39, 0.29) is 43.4 Å². The molecule has 396 valence electrons. The summed E-state index contributed by atoms with van der Waals surface area (Å²) >= 11 is 1.08. The highest BCUT2D eigenvalue weighted by Gasteiger charge is 2.42. The van der Waals surface area contributed by atoms with E-state index in [1.54, 1.807) is 7.05 Å². The van der Waals surface area contributed by atoms with Crippen LogP contribution in [0, 0.1) is 5.92 Å². The van der Waals surface area contributed by atoms with Gasteiger partial charge in [0.1, 0.15) is 42.0 Å². The Hall–Kier alpha value is -5.75. The van der Waals surface area contributed by atoms with Gasteiger partial charge in [0.15, 0.2) is 5.13 Å². The molecule has 1 aromatic heterocycles. The van der Waals surface area contributed by atoms with E-state index in [1.165, 1.54) is 23.8 Å². The van der Waals surface area contributed by atoms with Crippen molar-refractivity contribution in [3.63, 3.8) is 0 Å². The molecule has 5 rings (SSSR count). The Balaban J connectivity index is 0.940. The van der Waals surface area contributed by atoms with Crippen molar-refractivity contribution < 1.29 is 67.0 Å². The van der Waals surface area contributed by atoms with Gasteiger partial charge in [-0.2, -0.15) is 0 Å². The quantitative estimate of drug-likeness (QED) is 0.0612. The summed E-state index contributed by atoms with van der Waals surface area (Å²) in [6.07, 6.45) is 3.59. The van der Waals surface area contributed by atoms with Crippen LogP contribution in [0.25, 0.3) is 11.3 Å². The molecule has 72 heavy (non-hydrogen) atoms. The van der Waals surface area contributed by atoms with Crippen molar-refractivity contribution in [2.24, 2.45) is 5.92 Å². The molecule has 1 aliphatic carbocycles. The number of anilines is 2. The lowest BCUT2D eigenvalue weighted by atomic mass is 9.83. The third-order valence-electron chi connectivity index (χ3n) is 12.1. The van der Waals surface area contributed by atoms with Gasteiger partial charge in [-0.25, -0.2) is 14.6 Å². The number of likely N-dealkylation sites (N-methyl/N-ethyl adjacent to an activating group) is 2. The van der Waals surface area contributed by atoms with Crippen molar-refractivity contribution in [2.45, 2.75) is 76.6 Å². The number of hydrogen-bond acceptors (Lipinski definition) is 15. The molecule has 0 spiro atoms. The average Bonchev–Trinajstić information content (AvgIpc) is 4.05. The summed E-state index contributed by atoms with van der Waals surface area (Å²) in [5.41, 5.74) is 2.07. The van der Waals surface area contributed by atoms with Crippen LogP contribution in [0.2, 0.25) is 0 Å². The van der Waals surface area contributed by atoms with Crippen LogP contribution in [0.3, 0.4) is 0 Å². The molecule has 6 amide bonds. The number of benzene rings is 2. The minimum absolute atomic E-state index is 0.150. The van der Waals surface area contributed by atoms with Crippen molar-refractivity contribution >= 4 is 57.3 Å². The Morgan fingerprint density at radius 1 is 0.736 bits per heavy atom. The minimum Gasteiger partial charge on any atom is -0.465 e. The Morgan fingerprint density at radius 3 is 1.90 bits per heavy atom. The second-order valence-electron chi connectivity index (χ2n) is 17.3. The predicted molar refractivity (Wildman–Crippen MR) is 267 cm³/mol. The van der Waals surface area contributed by atoms with Crippen molar-refractivity contribution in [3.05, 3.63) is 66.2 Å². The summed E-state index contributed by atoms with van der Waals surface area (Å²) in [6, 6.07) is 15.9. The fraction of sp³-hybridized carbons (Fsp3) is 0.580. The lowest BCUT2D eigenvalue weighted by Gasteiger charge is -2.35. The first kappa shape index (κ1) is 57.2. The minimum atomic E-state index is -1.26. The summed E-state index contributed by atoms with van der Waals surface area (Å²) in [4.78, 5) is 86.7. The molecule has 2 fully saturated rings. The number of nitrogens with zero attached hydrogens (tertiary/aromatic N) is 4. The van der Waals surface area contributed by atoms with Crippen LogP contribution in [0.15, 0.2) is 60.7 Å². The molecule has 2 heterocycles. The maximum absolute atomic E-state index is 14.3. The molecule has 0 radical (unpaired) electrons. The van der Waals surface area contributed by atoms with Crippen LogP contribution in [-0.2, 0) is 58.9 Å². The van der Waals surface area contributed by atoms with Crippen LogP contribution in [-0.4, -0.2) is 185 Å². The molecule has 0 unspecified atom stereocenters. The van der Waals surface area contributed by atoms with E-state index < -0.39 is 48.0 Å². The van der Waals surface area contributed by atoms with Gasteiger partial charge in [-0.15, -0.1) is 0 Å². The highest BCUT2D eigenvalue weighted by atomic mass is 32.1. The highest BCUT2D eigenvalue weighted by Crippen LogP contribution is 2.37.